The van der Waals surface area contributed by atoms with Gasteiger partial charge in [0.05, 0.1) is 0 Å². The molecule has 1 rings (SSSR count). The smallest absolute Gasteiger partial charge is 0.222 e. The molecule has 0 heterocycles. The molecule has 4 heteroatoms. The van der Waals surface area contributed by atoms with Crippen LogP contribution in [-0.2, 0) is 11.3 Å². The topological polar surface area (TPSA) is 46.3 Å². The summed E-state index contributed by atoms with van der Waals surface area (Å²) in [5, 5.41) is 0. The van der Waals surface area contributed by atoms with Crippen LogP contribution >= 0.6 is 12.2 Å². The molecule has 104 valence electrons. The van der Waals surface area contributed by atoms with Crippen molar-refractivity contribution in [3.05, 3.63) is 35.4 Å². The zero-order valence-electron chi connectivity index (χ0n) is 11.8. The number of hydrogen-bond acceptors (Lipinski definition) is 2. The summed E-state index contributed by atoms with van der Waals surface area (Å²) >= 11 is 4.96. The Hall–Kier alpha value is -1.42. The van der Waals surface area contributed by atoms with Crippen LogP contribution in [0, 0.1) is 5.92 Å². The summed E-state index contributed by atoms with van der Waals surface area (Å²) in [7, 11) is 1.83. The first kappa shape index (κ1) is 15.6. The van der Waals surface area contributed by atoms with Gasteiger partial charge in [-0.25, -0.2) is 0 Å². The van der Waals surface area contributed by atoms with Gasteiger partial charge in [0.2, 0.25) is 5.91 Å². The van der Waals surface area contributed by atoms with Crippen molar-refractivity contribution in [1.82, 2.24) is 4.90 Å². The number of amides is 1. The highest BCUT2D eigenvalue weighted by Crippen LogP contribution is 2.12. The number of nitrogens with zero attached hydrogens (tertiary/aromatic N) is 1. The summed E-state index contributed by atoms with van der Waals surface area (Å²) < 4.78 is 0. The van der Waals surface area contributed by atoms with E-state index in [9.17, 15) is 4.79 Å². The molecule has 0 saturated heterocycles. The lowest BCUT2D eigenvalue weighted by atomic mass is 10.0. The number of carbonyl (C=O) groups excluding carboxylic acids is 1. The summed E-state index contributed by atoms with van der Waals surface area (Å²) in [6, 6.07) is 7.72. The highest BCUT2D eigenvalue weighted by Gasteiger charge is 2.12. The lowest BCUT2D eigenvalue weighted by Gasteiger charge is -2.19. The second-order valence-corrected chi connectivity index (χ2v) is 5.47. The highest BCUT2D eigenvalue weighted by atomic mass is 32.1. The van der Waals surface area contributed by atoms with Crippen molar-refractivity contribution in [2.24, 2.45) is 11.7 Å². The molecule has 19 heavy (non-hydrogen) atoms. The number of carbonyl (C=O) groups is 1. The van der Waals surface area contributed by atoms with E-state index in [0.717, 1.165) is 17.5 Å². The minimum absolute atomic E-state index is 0.176. The average Bonchev–Trinajstić information content (AvgIpc) is 2.38. The van der Waals surface area contributed by atoms with Gasteiger partial charge in [0, 0.05) is 25.6 Å². The van der Waals surface area contributed by atoms with Crippen LogP contribution in [0.1, 0.15) is 37.8 Å². The predicted octanol–water partition coefficient (Wildman–Crippen LogP) is 2.72. The van der Waals surface area contributed by atoms with Gasteiger partial charge in [-0.1, -0.05) is 50.7 Å². The fourth-order valence-electron chi connectivity index (χ4n) is 1.78. The van der Waals surface area contributed by atoms with E-state index < -0.39 is 0 Å². The van der Waals surface area contributed by atoms with Crippen LogP contribution in [0.2, 0.25) is 0 Å². The Balaban J connectivity index is 2.66. The predicted molar refractivity (Wildman–Crippen MR) is 82.9 cm³/mol. The quantitative estimate of drug-likeness (QED) is 0.814. The maximum absolute atomic E-state index is 12.0. The molecule has 1 amide bonds. The van der Waals surface area contributed by atoms with Crippen molar-refractivity contribution in [2.45, 2.75) is 33.2 Å². The third-order valence-corrected chi connectivity index (χ3v) is 3.51. The third-order valence-electron chi connectivity index (χ3n) is 3.28. The second-order valence-electron chi connectivity index (χ2n) is 5.03. The molecule has 2 N–H and O–H groups in total. The third kappa shape index (κ3) is 4.99. The number of hydrogen-bond donors (Lipinski definition) is 1. The fourth-order valence-corrected chi connectivity index (χ4v) is 1.91. The SMILES string of the molecule is CCC(C)CC(=O)N(C)Cc1cccc(C(N)=S)c1. The van der Waals surface area contributed by atoms with Gasteiger partial charge in [-0.3, -0.25) is 4.79 Å². The summed E-state index contributed by atoms with van der Waals surface area (Å²) in [5.41, 5.74) is 7.50. The van der Waals surface area contributed by atoms with E-state index in [1.165, 1.54) is 0 Å². The van der Waals surface area contributed by atoms with Crippen molar-refractivity contribution in [2.75, 3.05) is 7.05 Å². The van der Waals surface area contributed by atoms with Crippen molar-refractivity contribution >= 4 is 23.1 Å². The Kier molecular flexibility index (Phi) is 5.96. The van der Waals surface area contributed by atoms with Gasteiger partial charge in [0.15, 0.2) is 0 Å². The lowest BCUT2D eigenvalue weighted by molar-refractivity contribution is -0.131. The Bertz CT molecular complexity index is 459. The molecule has 0 aliphatic carbocycles. The molecule has 0 fully saturated rings. The van der Waals surface area contributed by atoms with Crippen molar-refractivity contribution in [1.29, 1.82) is 0 Å². The normalized spacial score (nSPS) is 11.9. The molecule has 0 aromatic heterocycles. The minimum Gasteiger partial charge on any atom is -0.389 e. The average molecular weight is 278 g/mol. The van der Waals surface area contributed by atoms with Crippen LogP contribution in [0.25, 0.3) is 0 Å². The first-order valence-corrected chi connectivity index (χ1v) is 6.97. The van der Waals surface area contributed by atoms with Gasteiger partial charge in [-0.05, 0) is 17.5 Å². The first-order valence-electron chi connectivity index (χ1n) is 6.56. The highest BCUT2D eigenvalue weighted by molar-refractivity contribution is 7.80. The second kappa shape index (κ2) is 7.24. The van der Waals surface area contributed by atoms with Gasteiger partial charge in [0.1, 0.15) is 4.99 Å². The Morgan fingerprint density at radius 3 is 2.74 bits per heavy atom. The van der Waals surface area contributed by atoms with E-state index in [1.807, 2.05) is 31.3 Å². The molecule has 1 aromatic carbocycles. The van der Waals surface area contributed by atoms with Crippen molar-refractivity contribution in [3.8, 4) is 0 Å². The molecule has 0 spiro atoms. The van der Waals surface area contributed by atoms with E-state index >= 15 is 0 Å². The number of thiocarbonyl (C=S) groups is 1. The Morgan fingerprint density at radius 2 is 2.16 bits per heavy atom. The van der Waals surface area contributed by atoms with E-state index in [4.69, 9.17) is 18.0 Å². The van der Waals surface area contributed by atoms with Crippen LogP contribution < -0.4 is 5.73 Å². The molecular formula is C15H22N2OS. The van der Waals surface area contributed by atoms with Crippen LogP contribution in [0.5, 0.6) is 0 Å². The van der Waals surface area contributed by atoms with Crippen LogP contribution in [0.3, 0.4) is 0 Å². The molecule has 0 radical (unpaired) electrons. The van der Waals surface area contributed by atoms with Gasteiger partial charge in [0.25, 0.3) is 0 Å². The number of rotatable bonds is 6. The monoisotopic (exact) mass is 278 g/mol. The van der Waals surface area contributed by atoms with Gasteiger partial charge in [-0.2, -0.15) is 0 Å². The maximum atomic E-state index is 12.0. The Labute approximate surface area is 120 Å². The van der Waals surface area contributed by atoms with Crippen LogP contribution in [0.4, 0.5) is 0 Å². The zero-order chi connectivity index (χ0) is 14.4. The summed E-state index contributed by atoms with van der Waals surface area (Å²) in [6.07, 6.45) is 1.62. The van der Waals surface area contributed by atoms with Crippen LogP contribution in [0.15, 0.2) is 24.3 Å². The summed E-state index contributed by atoms with van der Waals surface area (Å²) in [6.45, 7) is 4.79. The van der Waals surface area contributed by atoms with Gasteiger partial charge in [-0.15, -0.1) is 0 Å². The molecule has 0 aliphatic rings. The molecule has 0 saturated carbocycles. The standard InChI is InChI=1S/C15H22N2OS/c1-4-11(2)8-14(18)17(3)10-12-6-5-7-13(9-12)15(16)19/h5-7,9,11H,4,8,10H2,1-3H3,(H2,16,19). The number of nitrogens with two attached hydrogens (primary N) is 1. The minimum atomic E-state index is 0.176. The Morgan fingerprint density at radius 1 is 1.47 bits per heavy atom. The van der Waals surface area contributed by atoms with E-state index in [2.05, 4.69) is 13.8 Å². The summed E-state index contributed by atoms with van der Waals surface area (Å²) in [5.74, 6) is 0.605. The van der Waals surface area contributed by atoms with Crippen molar-refractivity contribution < 1.29 is 4.79 Å². The molecule has 1 aromatic rings. The maximum Gasteiger partial charge on any atom is 0.222 e. The van der Waals surface area contributed by atoms with E-state index in [-0.39, 0.29) is 5.91 Å². The molecule has 1 unspecified atom stereocenters. The molecule has 3 nitrogen and oxygen atoms in total. The first-order chi connectivity index (χ1) is 8.93. The largest absolute Gasteiger partial charge is 0.389 e. The van der Waals surface area contributed by atoms with Crippen molar-refractivity contribution in [3.63, 3.8) is 0 Å². The van der Waals surface area contributed by atoms with Gasteiger partial charge >= 0.3 is 0 Å². The number of benzene rings is 1. The molecule has 0 bridgehead atoms. The van der Waals surface area contributed by atoms with Gasteiger partial charge < -0.3 is 10.6 Å². The van der Waals surface area contributed by atoms with Crippen LogP contribution in [-0.4, -0.2) is 22.8 Å². The fraction of sp³-hybridized carbons (Fsp3) is 0.467. The summed E-state index contributed by atoms with van der Waals surface area (Å²) in [4.78, 5) is 14.2. The zero-order valence-corrected chi connectivity index (χ0v) is 12.7. The molecular weight excluding hydrogens is 256 g/mol. The molecule has 0 aliphatic heterocycles. The van der Waals surface area contributed by atoms with E-state index in [1.54, 1.807) is 4.90 Å². The van der Waals surface area contributed by atoms with E-state index in [0.29, 0.717) is 23.9 Å². The lowest BCUT2D eigenvalue weighted by Crippen LogP contribution is -2.27. The molecule has 1 atom stereocenters.